The summed E-state index contributed by atoms with van der Waals surface area (Å²) in [6, 6.07) is 15.0. The van der Waals surface area contributed by atoms with Crippen molar-refractivity contribution in [1.82, 2.24) is 24.6 Å². The van der Waals surface area contributed by atoms with Gasteiger partial charge in [-0.1, -0.05) is 55.2 Å². The van der Waals surface area contributed by atoms with Crippen LogP contribution in [0.3, 0.4) is 0 Å². The van der Waals surface area contributed by atoms with Crippen molar-refractivity contribution in [3.05, 3.63) is 76.2 Å². The highest BCUT2D eigenvalue weighted by Crippen LogP contribution is 2.28. The summed E-state index contributed by atoms with van der Waals surface area (Å²) in [7, 11) is 0. The number of carbonyl (C=O) groups is 1. The van der Waals surface area contributed by atoms with Gasteiger partial charge < -0.3 is 9.80 Å². The molecule has 7 nitrogen and oxygen atoms in total. The van der Waals surface area contributed by atoms with Gasteiger partial charge in [0.25, 0.3) is 5.91 Å². The smallest absolute Gasteiger partial charge is 0.255 e. The number of hydrogen-bond donors (Lipinski definition) is 0. The van der Waals surface area contributed by atoms with Crippen LogP contribution in [0.2, 0.25) is 10.0 Å². The van der Waals surface area contributed by atoms with E-state index in [4.69, 9.17) is 33.2 Å². The molecule has 0 spiro atoms. The minimum atomic E-state index is -0.0865. The van der Waals surface area contributed by atoms with E-state index in [1.165, 1.54) is 0 Å². The van der Waals surface area contributed by atoms with Crippen molar-refractivity contribution >= 4 is 46.0 Å². The lowest BCUT2D eigenvalue weighted by Gasteiger charge is -2.36. The van der Waals surface area contributed by atoms with Crippen LogP contribution < -0.4 is 4.90 Å². The van der Waals surface area contributed by atoms with Gasteiger partial charge in [0, 0.05) is 37.6 Å². The van der Waals surface area contributed by atoms with Crippen molar-refractivity contribution in [3.63, 3.8) is 0 Å². The molecule has 0 unspecified atom stereocenters. The van der Waals surface area contributed by atoms with Crippen LogP contribution in [-0.2, 0) is 6.42 Å². The van der Waals surface area contributed by atoms with E-state index in [1.54, 1.807) is 18.2 Å². The Labute approximate surface area is 214 Å². The Morgan fingerprint density at radius 2 is 1.74 bits per heavy atom. The van der Waals surface area contributed by atoms with E-state index in [9.17, 15) is 4.79 Å². The SMILES string of the molecule is CC(C)Cc1nc(N2CCN(C(=O)c3ccc(Cl)cc3Cl)CC2)c2cnn(-c3ccccc3)c2n1. The first-order chi connectivity index (χ1) is 16.9. The number of rotatable bonds is 5. The summed E-state index contributed by atoms with van der Waals surface area (Å²) in [6.45, 7) is 6.76. The zero-order chi connectivity index (χ0) is 24.5. The Kier molecular flexibility index (Phi) is 6.62. The number of para-hydroxylation sites is 1. The maximum atomic E-state index is 13.1. The Balaban J connectivity index is 1.43. The lowest BCUT2D eigenvalue weighted by Crippen LogP contribution is -2.49. The van der Waals surface area contributed by atoms with Crippen LogP contribution in [0.1, 0.15) is 30.0 Å². The number of piperazine rings is 1. The number of aromatic nitrogens is 4. The second-order valence-corrected chi connectivity index (χ2v) is 9.94. The molecule has 0 saturated carbocycles. The fourth-order valence-corrected chi connectivity index (χ4v) is 4.84. The summed E-state index contributed by atoms with van der Waals surface area (Å²) in [5.74, 6) is 2.00. The molecule has 1 aliphatic heterocycles. The first kappa shape index (κ1) is 23.6. The average Bonchev–Trinajstić information content (AvgIpc) is 3.27. The molecule has 2 aromatic carbocycles. The lowest BCUT2D eigenvalue weighted by atomic mass is 10.1. The molecule has 4 aromatic rings. The molecular formula is C26H26Cl2N6O. The number of nitrogens with zero attached hydrogens (tertiary/aromatic N) is 6. The van der Waals surface area contributed by atoms with Gasteiger partial charge in [0.05, 0.1) is 27.9 Å². The van der Waals surface area contributed by atoms with E-state index in [1.807, 2.05) is 46.1 Å². The molecule has 1 saturated heterocycles. The normalized spacial score (nSPS) is 14.2. The van der Waals surface area contributed by atoms with Gasteiger partial charge in [-0.05, 0) is 36.2 Å². The molecule has 1 amide bonds. The monoisotopic (exact) mass is 508 g/mol. The van der Waals surface area contributed by atoms with E-state index < -0.39 is 0 Å². The van der Waals surface area contributed by atoms with Crippen molar-refractivity contribution in [2.45, 2.75) is 20.3 Å². The largest absolute Gasteiger partial charge is 0.352 e. The van der Waals surface area contributed by atoms with Crippen molar-refractivity contribution in [2.24, 2.45) is 5.92 Å². The van der Waals surface area contributed by atoms with Crippen molar-refractivity contribution in [3.8, 4) is 5.69 Å². The molecule has 35 heavy (non-hydrogen) atoms. The lowest BCUT2D eigenvalue weighted by molar-refractivity contribution is 0.0747. The fraction of sp³-hybridized carbons (Fsp3) is 0.308. The highest BCUT2D eigenvalue weighted by molar-refractivity contribution is 6.36. The van der Waals surface area contributed by atoms with E-state index in [2.05, 4.69) is 23.8 Å². The van der Waals surface area contributed by atoms with Crippen molar-refractivity contribution in [1.29, 1.82) is 0 Å². The molecule has 2 aromatic heterocycles. The zero-order valence-electron chi connectivity index (χ0n) is 19.7. The van der Waals surface area contributed by atoms with Gasteiger partial charge in [0.1, 0.15) is 11.6 Å². The third kappa shape index (κ3) is 4.83. The van der Waals surface area contributed by atoms with Crippen LogP contribution in [0.5, 0.6) is 0 Å². The number of hydrogen-bond acceptors (Lipinski definition) is 5. The van der Waals surface area contributed by atoms with Crippen LogP contribution in [0.15, 0.2) is 54.7 Å². The highest BCUT2D eigenvalue weighted by Gasteiger charge is 2.26. The fourth-order valence-electron chi connectivity index (χ4n) is 4.35. The van der Waals surface area contributed by atoms with Gasteiger partial charge in [-0.3, -0.25) is 4.79 Å². The van der Waals surface area contributed by atoms with E-state index in [-0.39, 0.29) is 5.91 Å². The Hall–Kier alpha value is -3.16. The Morgan fingerprint density at radius 1 is 1.00 bits per heavy atom. The Bertz CT molecular complexity index is 1360. The standard InChI is InChI=1S/C26H26Cl2N6O/c1-17(2)14-23-30-24(21-16-29-34(25(21)31-23)19-6-4-3-5-7-19)32-10-12-33(13-11-32)26(35)20-9-8-18(27)15-22(20)28/h3-9,15-17H,10-14H2,1-2H3. The second kappa shape index (κ2) is 9.84. The molecule has 180 valence electrons. The van der Waals surface area contributed by atoms with Crippen LogP contribution in [0.4, 0.5) is 5.82 Å². The predicted molar refractivity (Wildman–Crippen MR) is 140 cm³/mol. The second-order valence-electron chi connectivity index (χ2n) is 9.09. The number of carbonyl (C=O) groups excluding carboxylic acids is 1. The number of benzene rings is 2. The maximum absolute atomic E-state index is 13.1. The van der Waals surface area contributed by atoms with Gasteiger partial charge >= 0.3 is 0 Å². The van der Waals surface area contributed by atoms with E-state index in [0.29, 0.717) is 47.7 Å². The van der Waals surface area contributed by atoms with Crippen molar-refractivity contribution < 1.29 is 4.79 Å². The third-order valence-electron chi connectivity index (χ3n) is 6.07. The Morgan fingerprint density at radius 3 is 2.43 bits per heavy atom. The van der Waals surface area contributed by atoms with Crippen LogP contribution >= 0.6 is 23.2 Å². The van der Waals surface area contributed by atoms with E-state index in [0.717, 1.165) is 34.8 Å². The highest BCUT2D eigenvalue weighted by atomic mass is 35.5. The van der Waals surface area contributed by atoms with Crippen LogP contribution in [-0.4, -0.2) is 56.7 Å². The quantitative estimate of drug-likeness (QED) is 0.366. The molecule has 1 aliphatic rings. The van der Waals surface area contributed by atoms with Gasteiger partial charge in [-0.25, -0.2) is 14.6 Å². The molecule has 0 radical (unpaired) electrons. The summed E-state index contributed by atoms with van der Waals surface area (Å²) in [5, 5.41) is 6.42. The molecule has 0 aliphatic carbocycles. The molecule has 1 fully saturated rings. The molecule has 5 rings (SSSR count). The minimum Gasteiger partial charge on any atom is -0.352 e. The van der Waals surface area contributed by atoms with Gasteiger partial charge in [0.15, 0.2) is 5.65 Å². The van der Waals surface area contributed by atoms with Gasteiger partial charge in [0.2, 0.25) is 0 Å². The molecule has 0 bridgehead atoms. The number of amides is 1. The molecular weight excluding hydrogens is 483 g/mol. The number of halogens is 2. The van der Waals surface area contributed by atoms with E-state index >= 15 is 0 Å². The molecule has 0 N–H and O–H groups in total. The predicted octanol–water partition coefficient (Wildman–Crippen LogP) is 5.28. The van der Waals surface area contributed by atoms with Crippen molar-refractivity contribution in [2.75, 3.05) is 31.1 Å². The van der Waals surface area contributed by atoms with Gasteiger partial charge in [-0.15, -0.1) is 0 Å². The maximum Gasteiger partial charge on any atom is 0.255 e. The van der Waals surface area contributed by atoms with Gasteiger partial charge in [-0.2, -0.15) is 5.10 Å². The summed E-state index contributed by atoms with van der Waals surface area (Å²) >= 11 is 12.3. The average molecular weight is 509 g/mol. The summed E-state index contributed by atoms with van der Waals surface area (Å²) in [4.78, 5) is 26.9. The van der Waals surface area contributed by atoms with Crippen LogP contribution in [0.25, 0.3) is 16.7 Å². The first-order valence-electron chi connectivity index (χ1n) is 11.7. The zero-order valence-corrected chi connectivity index (χ0v) is 21.2. The topological polar surface area (TPSA) is 67.2 Å². The number of fused-ring (bicyclic) bond motifs is 1. The summed E-state index contributed by atoms with van der Waals surface area (Å²) < 4.78 is 1.87. The van der Waals surface area contributed by atoms with Crippen LogP contribution in [0, 0.1) is 5.92 Å². The number of anilines is 1. The summed E-state index contributed by atoms with van der Waals surface area (Å²) in [5.41, 5.74) is 2.22. The minimum absolute atomic E-state index is 0.0865. The summed E-state index contributed by atoms with van der Waals surface area (Å²) in [6.07, 6.45) is 2.61. The molecule has 0 atom stereocenters. The molecule has 3 heterocycles. The third-order valence-corrected chi connectivity index (χ3v) is 6.62. The first-order valence-corrected chi connectivity index (χ1v) is 12.5. The molecule has 9 heteroatoms.